The normalized spacial score (nSPS) is 14.6. The summed E-state index contributed by atoms with van der Waals surface area (Å²) >= 11 is 3.55. The Morgan fingerprint density at radius 2 is 2.24 bits per heavy atom. The summed E-state index contributed by atoms with van der Waals surface area (Å²) in [7, 11) is 0. The van der Waals surface area contributed by atoms with E-state index in [9.17, 15) is 5.11 Å². The first-order valence-corrected chi connectivity index (χ1v) is 6.75. The summed E-state index contributed by atoms with van der Waals surface area (Å²) in [6.45, 7) is 10.4. The van der Waals surface area contributed by atoms with Crippen LogP contribution in [0.15, 0.2) is 17.1 Å². The van der Waals surface area contributed by atoms with Crippen molar-refractivity contribution in [3.63, 3.8) is 0 Å². The average Bonchev–Trinajstić information content (AvgIpc) is 2.54. The summed E-state index contributed by atoms with van der Waals surface area (Å²) in [5.41, 5.74) is 1.33. The molecule has 0 aliphatic heterocycles. The predicted octanol–water partition coefficient (Wildman–Crippen LogP) is 3.23. The smallest absolute Gasteiger partial charge is 0.0738 e. The van der Waals surface area contributed by atoms with Gasteiger partial charge < -0.3 is 5.11 Å². The van der Waals surface area contributed by atoms with Gasteiger partial charge in [-0.15, -0.1) is 6.58 Å². The van der Waals surface area contributed by atoms with Gasteiger partial charge in [0.15, 0.2) is 0 Å². The lowest BCUT2D eigenvalue weighted by atomic mass is 9.94. The Morgan fingerprint density at radius 3 is 2.76 bits per heavy atom. The summed E-state index contributed by atoms with van der Waals surface area (Å²) in [6, 6.07) is 0. The Labute approximate surface area is 112 Å². The van der Waals surface area contributed by atoms with E-state index in [1.54, 1.807) is 0 Å². The Bertz CT molecular complexity index is 396. The van der Waals surface area contributed by atoms with E-state index in [2.05, 4.69) is 34.5 Å². The second kappa shape index (κ2) is 5.83. The fourth-order valence-corrected chi connectivity index (χ4v) is 2.32. The number of aryl methyl sites for hydroxylation is 2. The molecule has 17 heavy (non-hydrogen) atoms. The molecule has 96 valence electrons. The molecule has 0 aromatic carbocycles. The Kier molecular flexibility index (Phi) is 4.95. The third kappa shape index (κ3) is 3.68. The zero-order valence-electron chi connectivity index (χ0n) is 10.8. The molecule has 1 atom stereocenters. The topological polar surface area (TPSA) is 38.1 Å². The van der Waals surface area contributed by atoms with Gasteiger partial charge in [-0.2, -0.15) is 5.10 Å². The number of hydrogen-bond donors (Lipinski definition) is 1. The Morgan fingerprint density at radius 1 is 1.59 bits per heavy atom. The van der Waals surface area contributed by atoms with Crippen molar-refractivity contribution in [1.29, 1.82) is 0 Å². The minimum atomic E-state index is -0.712. The van der Waals surface area contributed by atoms with Crippen LogP contribution in [0, 0.1) is 6.92 Å². The molecule has 0 saturated heterocycles. The zero-order chi connectivity index (χ0) is 13.1. The lowest BCUT2D eigenvalue weighted by Gasteiger charge is -2.23. The SMILES string of the molecule is C=CCCC(C)(O)Cc1c(Br)c(C)nn1CC. The number of rotatable bonds is 6. The maximum absolute atomic E-state index is 10.3. The van der Waals surface area contributed by atoms with Gasteiger partial charge in [0.2, 0.25) is 0 Å². The molecule has 4 heteroatoms. The molecule has 0 bridgehead atoms. The standard InChI is InChI=1S/C13H21BrN2O/c1-5-7-8-13(4,17)9-11-12(14)10(3)15-16(11)6-2/h5,17H,1,6-9H2,2-4H3. The largest absolute Gasteiger partial charge is 0.390 e. The second-order valence-electron chi connectivity index (χ2n) is 4.66. The quantitative estimate of drug-likeness (QED) is 0.819. The van der Waals surface area contributed by atoms with Gasteiger partial charge >= 0.3 is 0 Å². The van der Waals surface area contributed by atoms with Crippen molar-refractivity contribution < 1.29 is 5.11 Å². The highest BCUT2D eigenvalue weighted by Crippen LogP contribution is 2.27. The highest BCUT2D eigenvalue weighted by molar-refractivity contribution is 9.10. The number of allylic oxidation sites excluding steroid dienone is 1. The molecule has 0 aliphatic carbocycles. The van der Waals surface area contributed by atoms with Crippen molar-refractivity contribution in [1.82, 2.24) is 9.78 Å². The van der Waals surface area contributed by atoms with Crippen LogP contribution in [0.25, 0.3) is 0 Å². The molecule has 0 saturated carbocycles. The summed E-state index contributed by atoms with van der Waals surface area (Å²) < 4.78 is 2.96. The minimum Gasteiger partial charge on any atom is -0.390 e. The minimum absolute atomic E-state index is 0.607. The molecule has 1 aromatic heterocycles. The molecule has 0 radical (unpaired) electrons. The van der Waals surface area contributed by atoms with E-state index in [4.69, 9.17) is 0 Å². The van der Waals surface area contributed by atoms with Crippen LogP contribution in [0.5, 0.6) is 0 Å². The van der Waals surface area contributed by atoms with Crippen molar-refractivity contribution >= 4 is 15.9 Å². The highest BCUT2D eigenvalue weighted by Gasteiger charge is 2.24. The molecule has 0 amide bonds. The highest BCUT2D eigenvalue weighted by atomic mass is 79.9. The lowest BCUT2D eigenvalue weighted by Crippen LogP contribution is -2.28. The molecule has 0 fully saturated rings. The van der Waals surface area contributed by atoms with E-state index in [0.29, 0.717) is 6.42 Å². The van der Waals surface area contributed by atoms with Gasteiger partial charge in [-0.05, 0) is 49.5 Å². The van der Waals surface area contributed by atoms with E-state index in [-0.39, 0.29) is 0 Å². The first-order valence-electron chi connectivity index (χ1n) is 5.96. The van der Waals surface area contributed by atoms with Crippen molar-refractivity contribution in [2.75, 3.05) is 0 Å². The number of nitrogens with zero attached hydrogens (tertiary/aromatic N) is 2. The third-order valence-electron chi connectivity index (χ3n) is 2.89. The Balaban J connectivity index is 2.89. The fraction of sp³-hybridized carbons (Fsp3) is 0.615. The molecule has 1 heterocycles. The van der Waals surface area contributed by atoms with E-state index in [1.165, 1.54) is 0 Å². The lowest BCUT2D eigenvalue weighted by molar-refractivity contribution is 0.0501. The van der Waals surface area contributed by atoms with Crippen LogP contribution < -0.4 is 0 Å². The van der Waals surface area contributed by atoms with Gasteiger partial charge in [0.1, 0.15) is 0 Å². The van der Waals surface area contributed by atoms with E-state index in [1.807, 2.05) is 24.6 Å². The van der Waals surface area contributed by atoms with Crippen LogP contribution in [0.2, 0.25) is 0 Å². The molecule has 3 nitrogen and oxygen atoms in total. The second-order valence-corrected chi connectivity index (χ2v) is 5.46. The van der Waals surface area contributed by atoms with Crippen molar-refractivity contribution in [3.8, 4) is 0 Å². The summed E-state index contributed by atoms with van der Waals surface area (Å²) in [5.74, 6) is 0. The summed E-state index contributed by atoms with van der Waals surface area (Å²) in [5, 5.41) is 14.8. The monoisotopic (exact) mass is 300 g/mol. The van der Waals surface area contributed by atoms with Gasteiger partial charge in [0.25, 0.3) is 0 Å². The molecular formula is C13H21BrN2O. The molecule has 1 unspecified atom stereocenters. The van der Waals surface area contributed by atoms with E-state index in [0.717, 1.165) is 35.2 Å². The van der Waals surface area contributed by atoms with Crippen LogP contribution in [-0.4, -0.2) is 20.5 Å². The van der Waals surface area contributed by atoms with Gasteiger partial charge in [-0.1, -0.05) is 6.08 Å². The molecule has 0 spiro atoms. The Hall–Kier alpha value is -0.610. The summed E-state index contributed by atoms with van der Waals surface area (Å²) in [6.07, 6.45) is 3.99. The number of hydrogen-bond acceptors (Lipinski definition) is 2. The van der Waals surface area contributed by atoms with Crippen LogP contribution in [0.4, 0.5) is 0 Å². The van der Waals surface area contributed by atoms with Crippen LogP contribution in [0.3, 0.4) is 0 Å². The first-order chi connectivity index (χ1) is 7.91. The molecule has 1 N–H and O–H groups in total. The maximum atomic E-state index is 10.3. The van der Waals surface area contributed by atoms with Crippen molar-refractivity contribution in [2.24, 2.45) is 0 Å². The van der Waals surface area contributed by atoms with E-state index < -0.39 is 5.60 Å². The third-order valence-corrected chi connectivity index (χ3v) is 3.92. The molecule has 1 aromatic rings. The van der Waals surface area contributed by atoms with Crippen molar-refractivity contribution in [2.45, 2.75) is 52.2 Å². The predicted molar refractivity (Wildman–Crippen MR) is 74.1 cm³/mol. The average molecular weight is 301 g/mol. The summed E-state index contributed by atoms with van der Waals surface area (Å²) in [4.78, 5) is 0. The van der Waals surface area contributed by atoms with Crippen molar-refractivity contribution in [3.05, 3.63) is 28.5 Å². The number of halogens is 1. The van der Waals surface area contributed by atoms with Gasteiger partial charge in [0, 0.05) is 13.0 Å². The van der Waals surface area contributed by atoms with Gasteiger partial charge in [-0.3, -0.25) is 4.68 Å². The van der Waals surface area contributed by atoms with Crippen LogP contribution >= 0.6 is 15.9 Å². The number of aromatic nitrogens is 2. The van der Waals surface area contributed by atoms with Gasteiger partial charge in [0.05, 0.1) is 21.5 Å². The first kappa shape index (κ1) is 14.5. The van der Waals surface area contributed by atoms with Crippen LogP contribution in [0.1, 0.15) is 38.1 Å². The molecular weight excluding hydrogens is 280 g/mol. The van der Waals surface area contributed by atoms with Crippen LogP contribution in [-0.2, 0) is 13.0 Å². The molecule has 0 aliphatic rings. The fourth-order valence-electron chi connectivity index (χ4n) is 1.90. The molecule has 1 rings (SSSR count). The van der Waals surface area contributed by atoms with Gasteiger partial charge in [-0.25, -0.2) is 0 Å². The zero-order valence-corrected chi connectivity index (χ0v) is 12.4. The maximum Gasteiger partial charge on any atom is 0.0738 e. The number of aliphatic hydroxyl groups is 1. The van der Waals surface area contributed by atoms with E-state index >= 15 is 0 Å².